The molecule has 2 aromatic rings. The fourth-order valence-electron chi connectivity index (χ4n) is 3.55. The highest BCUT2D eigenvalue weighted by atomic mass is 16.6. The molecule has 0 radical (unpaired) electrons. The molecule has 1 aliphatic rings. The van der Waals surface area contributed by atoms with E-state index in [-0.39, 0.29) is 17.7 Å². The topological polar surface area (TPSA) is 92.1 Å². The van der Waals surface area contributed by atoms with Crippen molar-refractivity contribution in [3.63, 3.8) is 0 Å². The maximum absolute atomic E-state index is 13.1. The van der Waals surface area contributed by atoms with Crippen molar-refractivity contribution in [2.45, 2.75) is 25.8 Å². The molecule has 2 heterocycles. The monoisotopic (exact) mass is 391 g/mol. The number of carbonyl (C=O) groups excluding carboxylic acids is 1. The van der Waals surface area contributed by atoms with Crippen LogP contribution in [0.1, 0.15) is 25.8 Å². The predicted octanol–water partition coefficient (Wildman–Crippen LogP) is 2.22. The minimum Gasteiger partial charge on any atom is -0.493 e. The molecule has 9 heteroatoms. The number of benzene rings is 1. The fourth-order valence-corrected chi connectivity index (χ4v) is 3.55. The van der Waals surface area contributed by atoms with Gasteiger partial charge in [0.2, 0.25) is 5.75 Å². The van der Waals surface area contributed by atoms with Crippen LogP contribution in [0, 0.1) is 0 Å². The van der Waals surface area contributed by atoms with Gasteiger partial charge in [0.1, 0.15) is 5.52 Å². The normalized spacial score (nSPS) is 14.8. The molecule has 0 atom stereocenters. The maximum atomic E-state index is 13.1. The molecular formula is C19H25N3O6. The van der Waals surface area contributed by atoms with Gasteiger partial charge in [-0.1, -0.05) is 0 Å². The van der Waals surface area contributed by atoms with Crippen LogP contribution in [0.25, 0.3) is 10.9 Å². The van der Waals surface area contributed by atoms with Crippen molar-refractivity contribution in [2.24, 2.45) is 0 Å². The second-order valence-corrected chi connectivity index (χ2v) is 6.42. The molecule has 9 nitrogen and oxygen atoms in total. The van der Waals surface area contributed by atoms with Gasteiger partial charge in [0.05, 0.1) is 39.6 Å². The smallest absolute Gasteiger partial charge is 0.409 e. The summed E-state index contributed by atoms with van der Waals surface area (Å²) in [5.74, 6) is 1.16. The Labute approximate surface area is 162 Å². The maximum Gasteiger partial charge on any atom is 0.409 e. The Morgan fingerprint density at radius 1 is 1.14 bits per heavy atom. The summed E-state index contributed by atoms with van der Waals surface area (Å²) in [6, 6.07) is 1.57. The number of carbonyl (C=O) groups is 1. The van der Waals surface area contributed by atoms with Gasteiger partial charge in [0, 0.05) is 19.1 Å². The van der Waals surface area contributed by atoms with Crippen LogP contribution in [0.3, 0.4) is 0 Å². The fraction of sp³-hybridized carbons (Fsp3) is 0.526. The number of fused-ring (bicyclic) bond motifs is 1. The molecule has 1 fully saturated rings. The van der Waals surface area contributed by atoms with Crippen molar-refractivity contribution in [1.82, 2.24) is 14.5 Å². The number of aromatic nitrogens is 2. The lowest BCUT2D eigenvalue weighted by Gasteiger charge is -2.32. The van der Waals surface area contributed by atoms with E-state index in [1.807, 2.05) is 0 Å². The quantitative estimate of drug-likeness (QED) is 0.772. The van der Waals surface area contributed by atoms with Crippen molar-refractivity contribution in [2.75, 3.05) is 41.0 Å². The Morgan fingerprint density at radius 2 is 1.82 bits per heavy atom. The van der Waals surface area contributed by atoms with Crippen molar-refractivity contribution in [3.8, 4) is 17.2 Å². The third-order valence-corrected chi connectivity index (χ3v) is 4.96. The predicted molar refractivity (Wildman–Crippen MR) is 103 cm³/mol. The summed E-state index contributed by atoms with van der Waals surface area (Å²) in [6.45, 7) is 3.19. The van der Waals surface area contributed by atoms with Crippen molar-refractivity contribution >= 4 is 17.0 Å². The second-order valence-electron chi connectivity index (χ2n) is 6.42. The van der Waals surface area contributed by atoms with Gasteiger partial charge in [-0.15, -0.1) is 0 Å². The van der Waals surface area contributed by atoms with E-state index in [2.05, 4.69) is 4.98 Å². The van der Waals surface area contributed by atoms with Gasteiger partial charge in [0.15, 0.2) is 11.5 Å². The van der Waals surface area contributed by atoms with Gasteiger partial charge in [0.25, 0.3) is 5.56 Å². The highest BCUT2D eigenvalue weighted by Crippen LogP contribution is 2.41. The third-order valence-electron chi connectivity index (χ3n) is 4.96. The second kappa shape index (κ2) is 8.37. The molecule has 152 valence electrons. The van der Waals surface area contributed by atoms with Gasteiger partial charge >= 0.3 is 6.09 Å². The molecule has 0 spiro atoms. The Hall–Kier alpha value is -2.97. The first-order chi connectivity index (χ1) is 13.5. The highest BCUT2D eigenvalue weighted by Gasteiger charge is 2.27. The standard InChI is InChI=1S/C19H25N3O6/c1-5-28-19(24)21-8-6-12(7-9-21)22-11-20-15-13(18(22)23)10-14(25-2)16(26-3)17(15)27-4/h10-12H,5-9H2,1-4H3. The first kappa shape index (κ1) is 19.8. The van der Waals surface area contributed by atoms with Gasteiger partial charge < -0.3 is 23.8 Å². The molecule has 0 unspecified atom stereocenters. The number of likely N-dealkylation sites (tertiary alicyclic amines) is 1. The molecule has 0 saturated carbocycles. The zero-order valence-corrected chi connectivity index (χ0v) is 16.6. The summed E-state index contributed by atoms with van der Waals surface area (Å²) in [5, 5.41) is 0.393. The SMILES string of the molecule is CCOC(=O)N1CCC(n2cnc3c(OC)c(OC)c(OC)cc3c2=O)CC1. The van der Waals surface area contributed by atoms with E-state index in [4.69, 9.17) is 18.9 Å². The molecule has 0 bridgehead atoms. The number of amides is 1. The first-order valence-electron chi connectivity index (χ1n) is 9.17. The minimum atomic E-state index is -0.313. The van der Waals surface area contributed by atoms with E-state index in [1.165, 1.54) is 27.7 Å². The molecule has 1 aromatic heterocycles. The lowest BCUT2D eigenvalue weighted by Crippen LogP contribution is -2.41. The van der Waals surface area contributed by atoms with Crippen molar-refractivity contribution in [1.29, 1.82) is 0 Å². The molecule has 1 amide bonds. The Bertz CT molecular complexity index is 918. The zero-order chi connectivity index (χ0) is 20.3. The van der Waals surface area contributed by atoms with E-state index in [1.54, 1.807) is 22.5 Å². The van der Waals surface area contributed by atoms with E-state index >= 15 is 0 Å². The Morgan fingerprint density at radius 3 is 2.39 bits per heavy atom. The average molecular weight is 391 g/mol. The molecule has 28 heavy (non-hydrogen) atoms. The minimum absolute atomic E-state index is 0.0471. The van der Waals surface area contributed by atoms with E-state index in [9.17, 15) is 9.59 Å². The molecule has 0 N–H and O–H groups in total. The molecular weight excluding hydrogens is 366 g/mol. The Kier molecular flexibility index (Phi) is 5.91. The number of ether oxygens (including phenoxy) is 4. The van der Waals surface area contributed by atoms with Crippen LogP contribution < -0.4 is 19.8 Å². The zero-order valence-electron chi connectivity index (χ0n) is 16.6. The van der Waals surface area contributed by atoms with Crippen LogP contribution in [0.15, 0.2) is 17.2 Å². The van der Waals surface area contributed by atoms with Crippen LogP contribution in [-0.4, -0.2) is 61.6 Å². The summed E-state index contributed by atoms with van der Waals surface area (Å²) in [5.41, 5.74) is 0.240. The lowest BCUT2D eigenvalue weighted by atomic mass is 10.0. The van der Waals surface area contributed by atoms with Crippen LogP contribution in [0.2, 0.25) is 0 Å². The van der Waals surface area contributed by atoms with Crippen LogP contribution in [0.5, 0.6) is 17.2 Å². The molecule has 1 aliphatic heterocycles. The van der Waals surface area contributed by atoms with Crippen molar-refractivity contribution in [3.05, 3.63) is 22.7 Å². The van der Waals surface area contributed by atoms with E-state index < -0.39 is 0 Å². The number of methoxy groups -OCH3 is 3. The van der Waals surface area contributed by atoms with Crippen LogP contribution in [0.4, 0.5) is 4.79 Å². The number of hydrogen-bond acceptors (Lipinski definition) is 7. The number of piperidine rings is 1. The number of hydrogen-bond donors (Lipinski definition) is 0. The largest absolute Gasteiger partial charge is 0.493 e. The number of rotatable bonds is 5. The van der Waals surface area contributed by atoms with Gasteiger partial charge in [-0.05, 0) is 25.8 Å². The van der Waals surface area contributed by atoms with E-state index in [0.29, 0.717) is 60.7 Å². The van der Waals surface area contributed by atoms with Crippen LogP contribution >= 0.6 is 0 Å². The lowest BCUT2D eigenvalue weighted by molar-refractivity contribution is 0.0923. The first-order valence-corrected chi connectivity index (χ1v) is 9.17. The van der Waals surface area contributed by atoms with Crippen molar-refractivity contribution < 1.29 is 23.7 Å². The number of nitrogens with zero attached hydrogens (tertiary/aromatic N) is 3. The van der Waals surface area contributed by atoms with Gasteiger partial charge in [-0.3, -0.25) is 9.36 Å². The average Bonchev–Trinajstić information content (AvgIpc) is 2.73. The third kappa shape index (κ3) is 3.44. The Balaban J connectivity index is 1.95. The van der Waals surface area contributed by atoms with Gasteiger partial charge in [-0.2, -0.15) is 0 Å². The molecule has 1 saturated heterocycles. The summed E-state index contributed by atoms with van der Waals surface area (Å²) in [7, 11) is 4.50. The van der Waals surface area contributed by atoms with Gasteiger partial charge in [-0.25, -0.2) is 9.78 Å². The summed E-state index contributed by atoms with van der Waals surface area (Å²) in [4.78, 5) is 31.1. The summed E-state index contributed by atoms with van der Waals surface area (Å²) < 4.78 is 22.8. The summed E-state index contributed by atoms with van der Waals surface area (Å²) in [6.07, 6.45) is 2.52. The highest BCUT2D eigenvalue weighted by molar-refractivity contribution is 5.89. The van der Waals surface area contributed by atoms with Crippen LogP contribution in [-0.2, 0) is 4.74 Å². The summed E-state index contributed by atoms with van der Waals surface area (Å²) >= 11 is 0. The van der Waals surface area contributed by atoms with E-state index in [0.717, 1.165) is 0 Å². The molecule has 0 aliphatic carbocycles. The molecule has 1 aromatic carbocycles. The molecule has 3 rings (SSSR count).